The average Bonchev–Trinajstić information content (AvgIpc) is 3.21. The number of aromatic nitrogens is 6. The van der Waals surface area contributed by atoms with Crippen LogP contribution in [0, 0.1) is 0 Å². The molecular weight excluding hydrogens is 318 g/mol. The minimum atomic E-state index is 0.426. The first kappa shape index (κ1) is 15.0. The molecule has 1 N–H and O–H groups in total. The van der Waals surface area contributed by atoms with E-state index in [4.69, 9.17) is 4.74 Å². The summed E-state index contributed by atoms with van der Waals surface area (Å²) in [4.78, 5) is 11.2. The molecule has 2 aromatic heterocycles. The Bertz CT molecular complexity index is 999. The maximum atomic E-state index is 5.22. The summed E-state index contributed by atoms with van der Waals surface area (Å²) < 4.78 is 5.22. The number of H-pyrrole nitrogens is 1. The standard InChI is InChI=1S/C17H15N7O/c1-24(11-7-9-12(25-2)10-8-11)17-13-5-3-4-6-14(13)18-15(19-17)16-20-22-23-21-16/h3-10H,1-2H3,(H,20,21,22,23). The predicted molar refractivity (Wildman–Crippen MR) is 93.8 cm³/mol. The Labute approximate surface area is 143 Å². The SMILES string of the molecule is COc1ccc(N(C)c2nc(-c3nnn[nH]3)nc3ccccc23)cc1. The Morgan fingerprint density at radius 1 is 1.00 bits per heavy atom. The number of aromatic amines is 1. The molecule has 4 aromatic rings. The fourth-order valence-electron chi connectivity index (χ4n) is 2.60. The van der Waals surface area contributed by atoms with Gasteiger partial charge < -0.3 is 9.64 Å². The summed E-state index contributed by atoms with van der Waals surface area (Å²) in [6, 6.07) is 15.6. The van der Waals surface area contributed by atoms with Crippen LogP contribution in [-0.2, 0) is 0 Å². The summed E-state index contributed by atoms with van der Waals surface area (Å²) in [5, 5.41) is 14.8. The second-order valence-electron chi connectivity index (χ2n) is 5.39. The van der Waals surface area contributed by atoms with Crippen molar-refractivity contribution in [1.82, 2.24) is 30.6 Å². The molecule has 4 rings (SSSR count). The number of hydrogen-bond acceptors (Lipinski definition) is 7. The lowest BCUT2D eigenvalue weighted by atomic mass is 10.2. The molecule has 0 atom stereocenters. The zero-order valence-corrected chi connectivity index (χ0v) is 13.7. The predicted octanol–water partition coefficient (Wildman–Crippen LogP) is 2.59. The van der Waals surface area contributed by atoms with E-state index in [0.29, 0.717) is 11.6 Å². The van der Waals surface area contributed by atoms with Gasteiger partial charge in [-0.25, -0.2) is 15.1 Å². The molecule has 0 saturated carbocycles. The summed E-state index contributed by atoms with van der Waals surface area (Å²) >= 11 is 0. The van der Waals surface area contributed by atoms with Gasteiger partial charge in [-0.05, 0) is 46.8 Å². The first-order chi connectivity index (χ1) is 12.3. The van der Waals surface area contributed by atoms with Crippen molar-refractivity contribution in [3.8, 4) is 17.4 Å². The van der Waals surface area contributed by atoms with E-state index in [-0.39, 0.29) is 0 Å². The van der Waals surface area contributed by atoms with Crippen molar-refractivity contribution >= 4 is 22.4 Å². The molecule has 8 nitrogen and oxygen atoms in total. The highest BCUT2D eigenvalue weighted by Crippen LogP contribution is 2.31. The van der Waals surface area contributed by atoms with Gasteiger partial charge in [0.2, 0.25) is 11.6 Å². The molecule has 2 aromatic carbocycles. The van der Waals surface area contributed by atoms with Gasteiger partial charge in [-0.3, -0.25) is 0 Å². The van der Waals surface area contributed by atoms with Crippen LogP contribution in [0.2, 0.25) is 0 Å². The zero-order valence-electron chi connectivity index (χ0n) is 13.7. The number of hydrogen-bond donors (Lipinski definition) is 1. The molecule has 0 spiro atoms. The minimum absolute atomic E-state index is 0.426. The number of tetrazole rings is 1. The van der Waals surface area contributed by atoms with E-state index < -0.39 is 0 Å². The number of methoxy groups -OCH3 is 1. The summed E-state index contributed by atoms with van der Waals surface area (Å²) in [5.41, 5.74) is 1.80. The van der Waals surface area contributed by atoms with Crippen molar-refractivity contribution < 1.29 is 4.74 Å². The Balaban J connectivity index is 1.86. The Hall–Kier alpha value is -3.55. The van der Waals surface area contributed by atoms with Crippen LogP contribution in [0.25, 0.3) is 22.6 Å². The van der Waals surface area contributed by atoms with E-state index in [2.05, 4.69) is 30.6 Å². The van der Waals surface area contributed by atoms with Gasteiger partial charge in [0.15, 0.2) is 0 Å². The average molecular weight is 333 g/mol. The summed E-state index contributed by atoms with van der Waals surface area (Å²) in [7, 11) is 3.60. The lowest BCUT2D eigenvalue weighted by Crippen LogP contribution is -2.13. The largest absolute Gasteiger partial charge is 0.497 e. The van der Waals surface area contributed by atoms with Gasteiger partial charge in [0.05, 0.1) is 12.6 Å². The number of nitrogens with zero attached hydrogens (tertiary/aromatic N) is 6. The van der Waals surface area contributed by atoms with Gasteiger partial charge in [-0.15, -0.1) is 5.10 Å². The van der Waals surface area contributed by atoms with Gasteiger partial charge in [0.25, 0.3) is 0 Å². The van der Waals surface area contributed by atoms with Gasteiger partial charge in [0.1, 0.15) is 11.6 Å². The van der Waals surface area contributed by atoms with Crippen LogP contribution < -0.4 is 9.64 Å². The number of anilines is 2. The fraction of sp³-hybridized carbons (Fsp3) is 0.118. The fourth-order valence-corrected chi connectivity index (χ4v) is 2.60. The first-order valence-electron chi connectivity index (χ1n) is 7.65. The number of rotatable bonds is 4. The third-order valence-electron chi connectivity index (χ3n) is 3.92. The summed E-state index contributed by atoms with van der Waals surface area (Å²) in [6.45, 7) is 0. The van der Waals surface area contributed by atoms with Crippen molar-refractivity contribution in [3.63, 3.8) is 0 Å². The van der Waals surface area contributed by atoms with E-state index in [1.807, 2.05) is 60.5 Å². The summed E-state index contributed by atoms with van der Waals surface area (Å²) in [5.74, 6) is 2.44. The summed E-state index contributed by atoms with van der Waals surface area (Å²) in [6.07, 6.45) is 0. The molecule has 2 heterocycles. The number of ether oxygens (including phenoxy) is 1. The van der Waals surface area contributed by atoms with Crippen LogP contribution in [0.5, 0.6) is 5.75 Å². The number of benzene rings is 2. The van der Waals surface area contributed by atoms with Crippen LogP contribution >= 0.6 is 0 Å². The molecule has 0 saturated heterocycles. The van der Waals surface area contributed by atoms with Gasteiger partial charge >= 0.3 is 0 Å². The van der Waals surface area contributed by atoms with Crippen LogP contribution in [0.15, 0.2) is 48.5 Å². The first-order valence-corrected chi connectivity index (χ1v) is 7.65. The van der Waals surface area contributed by atoms with Gasteiger partial charge in [0, 0.05) is 18.1 Å². The van der Waals surface area contributed by atoms with E-state index >= 15 is 0 Å². The molecular formula is C17H15N7O. The molecule has 0 aliphatic carbocycles. The Kier molecular flexibility index (Phi) is 3.70. The number of fused-ring (bicyclic) bond motifs is 1. The highest BCUT2D eigenvalue weighted by Gasteiger charge is 2.15. The van der Waals surface area contributed by atoms with Gasteiger partial charge in [-0.1, -0.05) is 12.1 Å². The molecule has 0 unspecified atom stereocenters. The maximum absolute atomic E-state index is 5.22. The topological polar surface area (TPSA) is 92.7 Å². The molecule has 0 amide bonds. The Morgan fingerprint density at radius 3 is 2.52 bits per heavy atom. The minimum Gasteiger partial charge on any atom is -0.497 e. The Morgan fingerprint density at radius 2 is 1.80 bits per heavy atom. The van der Waals surface area contributed by atoms with Crippen LogP contribution in [0.4, 0.5) is 11.5 Å². The zero-order chi connectivity index (χ0) is 17.2. The number of para-hydroxylation sites is 1. The molecule has 0 fully saturated rings. The molecule has 0 radical (unpaired) electrons. The molecule has 25 heavy (non-hydrogen) atoms. The smallest absolute Gasteiger partial charge is 0.217 e. The van der Waals surface area contributed by atoms with Gasteiger partial charge in [-0.2, -0.15) is 0 Å². The van der Waals surface area contributed by atoms with Crippen molar-refractivity contribution in [1.29, 1.82) is 0 Å². The van der Waals surface area contributed by atoms with E-state index in [0.717, 1.165) is 28.2 Å². The van der Waals surface area contributed by atoms with E-state index in [9.17, 15) is 0 Å². The number of nitrogens with one attached hydrogen (secondary N) is 1. The van der Waals surface area contributed by atoms with Crippen molar-refractivity contribution in [3.05, 3.63) is 48.5 Å². The maximum Gasteiger partial charge on any atom is 0.217 e. The van der Waals surface area contributed by atoms with E-state index in [1.165, 1.54) is 0 Å². The normalized spacial score (nSPS) is 10.8. The third-order valence-corrected chi connectivity index (χ3v) is 3.92. The monoisotopic (exact) mass is 333 g/mol. The van der Waals surface area contributed by atoms with Crippen molar-refractivity contribution in [2.75, 3.05) is 19.1 Å². The quantitative estimate of drug-likeness (QED) is 0.613. The van der Waals surface area contributed by atoms with Crippen LogP contribution in [0.3, 0.4) is 0 Å². The van der Waals surface area contributed by atoms with Crippen LogP contribution in [-0.4, -0.2) is 44.7 Å². The van der Waals surface area contributed by atoms with E-state index in [1.54, 1.807) is 7.11 Å². The highest BCUT2D eigenvalue weighted by molar-refractivity contribution is 5.92. The molecule has 0 aliphatic heterocycles. The van der Waals surface area contributed by atoms with Crippen molar-refractivity contribution in [2.24, 2.45) is 0 Å². The molecule has 124 valence electrons. The molecule has 0 aliphatic rings. The molecule has 0 bridgehead atoms. The van der Waals surface area contributed by atoms with Crippen LogP contribution in [0.1, 0.15) is 0 Å². The lowest BCUT2D eigenvalue weighted by molar-refractivity contribution is 0.415. The molecule has 8 heteroatoms. The lowest BCUT2D eigenvalue weighted by Gasteiger charge is -2.20. The highest BCUT2D eigenvalue weighted by atomic mass is 16.5. The second kappa shape index (κ2) is 6.16. The second-order valence-corrected chi connectivity index (χ2v) is 5.39. The third kappa shape index (κ3) is 2.74. The van der Waals surface area contributed by atoms with Crippen molar-refractivity contribution in [2.45, 2.75) is 0 Å².